The van der Waals surface area contributed by atoms with Crippen LogP contribution in [0.3, 0.4) is 0 Å². The zero-order chi connectivity index (χ0) is 13.0. The Morgan fingerprint density at radius 1 is 1.33 bits per heavy atom. The molecule has 0 saturated carbocycles. The third kappa shape index (κ3) is 2.89. The van der Waals surface area contributed by atoms with E-state index in [9.17, 15) is 4.79 Å². The first-order valence-corrected chi connectivity index (χ1v) is 6.46. The number of nitrogens with one attached hydrogen (secondary N) is 2. The van der Waals surface area contributed by atoms with Crippen LogP contribution in [0.15, 0.2) is 18.2 Å². The SMILES string of the molecule is CNCNCCc1ccc2c(c1)CCC(=O)N2C. The highest BCUT2D eigenvalue weighted by molar-refractivity contribution is 5.95. The minimum absolute atomic E-state index is 0.214. The van der Waals surface area contributed by atoms with Crippen LogP contribution in [0.4, 0.5) is 5.69 Å². The third-order valence-electron chi connectivity index (χ3n) is 3.38. The smallest absolute Gasteiger partial charge is 0.227 e. The van der Waals surface area contributed by atoms with Crippen molar-refractivity contribution in [3.05, 3.63) is 29.3 Å². The molecule has 0 radical (unpaired) electrons. The standard InChI is InChI=1S/C14H21N3O/c1-15-10-16-8-7-11-3-5-13-12(9-11)4-6-14(18)17(13)2/h3,5,9,15-16H,4,6-8,10H2,1-2H3. The van der Waals surface area contributed by atoms with Crippen LogP contribution in [0.2, 0.25) is 0 Å². The van der Waals surface area contributed by atoms with Gasteiger partial charge < -0.3 is 15.5 Å². The molecular weight excluding hydrogens is 226 g/mol. The average Bonchev–Trinajstić information content (AvgIpc) is 2.39. The number of carbonyl (C=O) groups is 1. The lowest BCUT2D eigenvalue weighted by molar-refractivity contribution is -0.118. The average molecular weight is 247 g/mol. The van der Waals surface area contributed by atoms with Crippen LogP contribution in [0.25, 0.3) is 0 Å². The minimum Gasteiger partial charge on any atom is -0.315 e. The van der Waals surface area contributed by atoms with Gasteiger partial charge in [-0.1, -0.05) is 12.1 Å². The van der Waals surface area contributed by atoms with Crippen LogP contribution in [-0.2, 0) is 17.6 Å². The second kappa shape index (κ2) is 5.98. The molecule has 0 fully saturated rings. The van der Waals surface area contributed by atoms with Crippen LogP contribution in [0, 0.1) is 0 Å². The van der Waals surface area contributed by atoms with Gasteiger partial charge in [0.1, 0.15) is 0 Å². The maximum absolute atomic E-state index is 11.6. The van der Waals surface area contributed by atoms with Gasteiger partial charge in [0, 0.05) is 32.4 Å². The molecule has 0 saturated heterocycles. The lowest BCUT2D eigenvalue weighted by atomic mass is 9.98. The Hall–Kier alpha value is -1.39. The number of nitrogens with zero attached hydrogens (tertiary/aromatic N) is 1. The first-order valence-electron chi connectivity index (χ1n) is 6.46. The van der Waals surface area contributed by atoms with Crippen LogP contribution < -0.4 is 15.5 Å². The van der Waals surface area contributed by atoms with Crippen LogP contribution >= 0.6 is 0 Å². The van der Waals surface area contributed by atoms with Gasteiger partial charge in [-0.2, -0.15) is 0 Å². The van der Waals surface area contributed by atoms with E-state index in [1.165, 1.54) is 11.1 Å². The highest BCUT2D eigenvalue weighted by atomic mass is 16.2. The molecule has 4 heteroatoms. The van der Waals surface area contributed by atoms with Crippen molar-refractivity contribution in [1.29, 1.82) is 0 Å². The number of anilines is 1. The number of benzene rings is 1. The van der Waals surface area contributed by atoms with Gasteiger partial charge >= 0.3 is 0 Å². The summed E-state index contributed by atoms with van der Waals surface area (Å²) in [5.74, 6) is 0.214. The van der Waals surface area contributed by atoms with E-state index in [0.717, 1.165) is 31.7 Å². The summed E-state index contributed by atoms with van der Waals surface area (Å²) in [6, 6.07) is 6.42. The maximum Gasteiger partial charge on any atom is 0.227 e. The fourth-order valence-corrected chi connectivity index (χ4v) is 2.31. The predicted octanol–water partition coefficient (Wildman–Crippen LogP) is 0.905. The third-order valence-corrected chi connectivity index (χ3v) is 3.38. The van der Waals surface area contributed by atoms with Gasteiger partial charge in [0.05, 0.1) is 0 Å². The molecule has 1 heterocycles. The second-order valence-corrected chi connectivity index (χ2v) is 4.70. The number of amides is 1. The van der Waals surface area contributed by atoms with Gasteiger partial charge in [-0.15, -0.1) is 0 Å². The number of rotatable bonds is 5. The zero-order valence-electron chi connectivity index (χ0n) is 11.1. The van der Waals surface area contributed by atoms with E-state index in [2.05, 4.69) is 28.8 Å². The molecule has 18 heavy (non-hydrogen) atoms. The molecule has 1 aliphatic heterocycles. The number of aryl methyl sites for hydroxylation is 1. The van der Waals surface area contributed by atoms with Gasteiger partial charge in [-0.05, 0) is 37.1 Å². The molecule has 2 rings (SSSR count). The molecule has 1 aromatic rings. The Morgan fingerprint density at radius 2 is 2.17 bits per heavy atom. The number of hydrogen-bond acceptors (Lipinski definition) is 3. The highest BCUT2D eigenvalue weighted by Crippen LogP contribution is 2.27. The number of hydrogen-bond donors (Lipinski definition) is 2. The molecule has 0 unspecified atom stereocenters. The topological polar surface area (TPSA) is 44.4 Å². The van der Waals surface area contributed by atoms with Gasteiger partial charge in [-0.3, -0.25) is 4.79 Å². The van der Waals surface area contributed by atoms with Gasteiger partial charge in [0.25, 0.3) is 0 Å². The lowest BCUT2D eigenvalue weighted by Crippen LogP contribution is -2.31. The molecule has 0 aromatic heterocycles. The van der Waals surface area contributed by atoms with Gasteiger partial charge in [-0.25, -0.2) is 0 Å². The first-order chi connectivity index (χ1) is 8.72. The summed E-state index contributed by atoms with van der Waals surface area (Å²) in [7, 11) is 3.78. The summed E-state index contributed by atoms with van der Waals surface area (Å²) >= 11 is 0. The van der Waals surface area contributed by atoms with Crippen molar-refractivity contribution in [3.8, 4) is 0 Å². The van der Waals surface area contributed by atoms with Crippen molar-refractivity contribution in [2.24, 2.45) is 0 Å². The summed E-state index contributed by atoms with van der Waals surface area (Å²) in [5.41, 5.74) is 3.70. The van der Waals surface area contributed by atoms with Crippen molar-refractivity contribution in [2.75, 3.05) is 32.2 Å². The Labute approximate surface area is 108 Å². The quantitative estimate of drug-likeness (QED) is 0.600. The first kappa shape index (κ1) is 13.1. The van der Waals surface area contributed by atoms with E-state index in [0.29, 0.717) is 6.42 Å². The molecule has 1 aliphatic rings. The van der Waals surface area contributed by atoms with Gasteiger partial charge in [0.2, 0.25) is 5.91 Å². The fraction of sp³-hybridized carbons (Fsp3) is 0.500. The summed E-state index contributed by atoms with van der Waals surface area (Å²) < 4.78 is 0. The molecule has 0 bridgehead atoms. The molecule has 1 amide bonds. The van der Waals surface area contributed by atoms with E-state index in [4.69, 9.17) is 0 Å². The fourth-order valence-electron chi connectivity index (χ4n) is 2.31. The monoisotopic (exact) mass is 247 g/mol. The predicted molar refractivity (Wildman–Crippen MR) is 73.8 cm³/mol. The van der Waals surface area contributed by atoms with E-state index >= 15 is 0 Å². The van der Waals surface area contributed by atoms with E-state index in [1.54, 1.807) is 4.90 Å². The maximum atomic E-state index is 11.6. The summed E-state index contributed by atoms with van der Waals surface area (Å²) in [6.07, 6.45) is 2.52. The molecule has 0 aliphatic carbocycles. The number of fused-ring (bicyclic) bond motifs is 1. The summed E-state index contributed by atoms with van der Waals surface area (Å²) in [4.78, 5) is 13.4. The van der Waals surface area contributed by atoms with Crippen molar-refractivity contribution in [1.82, 2.24) is 10.6 Å². The Morgan fingerprint density at radius 3 is 2.94 bits per heavy atom. The Kier molecular flexibility index (Phi) is 4.33. The number of carbonyl (C=O) groups excluding carboxylic acids is 1. The van der Waals surface area contributed by atoms with E-state index < -0.39 is 0 Å². The van der Waals surface area contributed by atoms with Crippen molar-refractivity contribution in [2.45, 2.75) is 19.3 Å². The van der Waals surface area contributed by atoms with Gasteiger partial charge in [0.15, 0.2) is 0 Å². The summed E-state index contributed by atoms with van der Waals surface area (Å²) in [6.45, 7) is 1.80. The van der Waals surface area contributed by atoms with Crippen molar-refractivity contribution >= 4 is 11.6 Å². The highest BCUT2D eigenvalue weighted by Gasteiger charge is 2.20. The Bertz CT molecular complexity index is 431. The molecule has 0 spiro atoms. The van der Waals surface area contributed by atoms with E-state index in [1.807, 2.05) is 14.1 Å². The molecular formula is C14H21N3O. The molecule has 98 valence electrons. The van der Waals surface area contributed by atoms with Crippen LogP contribution in [-0.4, -0.2) is 33.2 Å². The second-order valence-electron chi connectivity index (χ2n) is 4.70. The van der Waals surface area contributed by atoms with Crippen molar-refractivity contribution in [3.63, 3.8) is 0 Å². The minimum atomic E-state index is 0.214. The Balaban J connectivity index is 2.01. The van der Waals surface area contributed by atoms with Crippen LogP contribution in [0.1, 0.15) is 17.5 Å². The normalized spacial score (nSPS) is 14.8. The lowest BCUT2D eigenvalue weighted by Gasteiger charge is -2.26. The molecule has 2 N–H and O–H groups in total. The van der Waals surface area contributed by atoms with Crippen molar-refractivity contribution < 1.29 is 4.79 Å². The molecule has 4 nitrogen and oxygen atoms in total. The van der Waals surface area contributed by atoms with E-state index in [-0.39, 0.29) is 5.91 Å². The largest absolute Gasteiger partial charge is 0.315 e. The molecule has 0 atom stereocenters. The molecule has 1 aromatic carbocycles. The zero-order valence-corrected chi connectivity index (χ0v) is 11.1. The van der Waals surface area contributed by atoms with Crippen LogP contribution in [0.5, 0.6) is 0 Å². The summed E-state index contributed by atoms with van der Waals surface area (Å²) in [5, 5.41) is 6.36.